The Morgan fingerprint density at radius 3 is 2.47 bits per heavy atom. The Balaban J connectivity index is 2.72. The van der Waals surface area contributed by atoms with Crippen LogP contribution in [0.15, 0.2) is 30.5 Å². The average Bonchev–Trinajstić information content (AvgIpc) is 2.59. The number of carboxylic acid groups (broad SMARTS) is 2. The van der Waals surface area contributed by atoms with Gasteiger partial charge in [-0.15, -0.1) is 0 Å². The van der Waals surface area contributed by atoms with Crippen LogP contribution in [0, 0.1) is 0 Å². The molecular formula is C10H7NO4. The van der Waals surface area contributed by atoms with Crippen molar-refractivity contribution in [3.05, 3.63) is 36.0 Å². The zero-order chi connectivity index (χ0) is 11.0. The maximum absolute atomic E-state index is 10.8. The second kappa shape index (κ2) is 3.13. The van der Waals surface area contributed by atoms with E-state index in [1.54, 1.807) is 12.1 Å². The summed E-state index contributed by atoms with van der Waals surface area (Å²) in [4.78, 5) is 21.5. The van der Waals surface area contributed by atoms with Crippen LogP contribution in [0.4, 0.5) is 4.79 Å². The largest absolute Gasteiger partial charge is 0.478 e. The molecule has 0 aliphatic carbocycles. The summed E-state index contributed by atoms with van der Waals surface area (Å²) in [7, 11) is 0. The Kier molecular flexibility index (Phi) is 1.93. The summed E-state index contributed by atoms with van der Waals surface area (Å²) in [6, 6.07) is 5.98. The molecule has 0 aliphatic rings. The number of benzene rings is 1. The molecule has 0 aliphatic heterocycles. The van der Waals surface area contributed by atoms with Gasteiger partial charge < -0.3 is 10.2 Å². The van der Waals surface area contributed by atoms with Crippen LogP contribution in [0.5, 0.6) is 0 Å². The smallest absolute Gasteiger partial charge is 0.415 e. The first-order chi connectivity index (χ1) is 7.09. The molecular weight excluding hydrogens is 198 g/mol. The number of hydrogen-bond acceptors (Lipinski definition) is 2. The second-order valence-electron chi connectivity index (χ2n) is 3.05. The lowest BCUT2D eigenvalue weighted by Crippen LogP contribution is -2.06. The standard InChI is InChI=1S/C10H7NO4/c12-9(13)7-2-1-6-3-4-11(10(14)15)8(6)5-7/h1-5H,(H,12,13)(H,14,15). The lowest BCUT2D eigenvalue weighted by molar-refractivity contribution is 0.0697. The molecule has 0 saturated heterocycles. The molecule has 15 heavy (non-hydrogen) atoms. The van der Waals surface area contributed by atoms with Gasteiger partial charge in [0.15, 0.2) is 0 Å². The third-order valence-corrected chi connectivity index (χ3v) is 2.15. The zero-order valence-corrected chi connectivity index (χ0v) is 7.54. The average molecular weight is 205 g/mol. The van der Waals surface area contributed by atoms with Crippen LogP contribution in [0.1, 0.15) is 10.4 Å². The Labute approximate surface area is 84.2 Å². The number of nitrogens with zero attached hydrogens (tertiary/aromatic N) is 1. The molecule has 5 nitrogen and oxygen atoms in total. The van der Waals surface area contributed by atoms with E-state index in [1.807, 2.05) is 0 Å². The topological polar surface area (TPSA) is 79.5 Å². The Morgan fingerprint density at radius 1 is 1.13 bits per heavy atom. The fourth-order valence-electron chi connectivity index (χ4n) is 1.43. The molecule has 1 aromatic heterocycles. The molecule has 2 aromatic rings. The van der Waals surface area contributed by atoms with E-state index in [2.05, 4.69) is 0 Å². The van der Waals surface area contributed by atoms with Gasteiger partial charge in [0.1, 0.15) is 0 Å². The van der Waals surface area contributed by atoms with Crippen molar-refractivity contribution < 1.29 is 19.8 Å². The maximum Gasteiger partial charge on any atom is 0.415 e. The van der Waals surface area contributed by atoms with Crippen LogP contribution >= 0.6 is 0 Å². The summed E-state index contributed by atoms with van der Waals surface area (Å²) in [5.74, 6) is -1.07. The van der Waals surface area contributed by atoms with Crippen molar-refractivity contribution in [2.75, 3.05) is 0 Å². The summed E-state index contributed by atoms with van der Waals surface area (Å²) >= 11 is 0. The highest BCUT2D eigenvalue weighted by molar-refractivity contribution is 5.96. The van der Waals surface area contributed by atoms with Crippen LogP contribution in [-0.2, 0) is 0 Å². The fraction of sp³-hybridized carbons (Fsp3) is 0. The number of aromatic nitrogens is 1. The van der Waals surface area contributed by atoms with Crippen LogP contribution < -0.4 is 0 Å². The third kappa shape index (κ3) is 1.43. The minimum atomic E-state index is -1.13. The molecule has 0 amide bonds. The van der Waals surface area contributed by atoms with E-state index in [1.165, 1.54) is 18.3 Å². The minimum absolute atomic E-state index is 0.0729. The van der Waals surface area contributed by atoms with Crippen molar-refractivity contribution in [2.24, 2.45) is 0 Å². The van der Waals surface area contributed by atoms with Crippen LogP contribution in [0.3, 0.4) is 0 Å². The predicted molar refractivity (Wildman–Crippen MR) is 52.3 cm³/mol. The van der Waals surface area contributed by atoms with Crippen molar-refractivity contribution >= 4 is 23.0 Å². The summed E-state index contributed by atoms with van der Waals surface area (Å²) in [6.45, 7) is 0. The van der Waals surface area contributed by atoms with E-state index in [-0.39, 0.29) is 5.56 Å². The molecule has 0 bridgehead atoms. The lowest BCUT2D eigenvalue weighted by Gasteiger charge is -1.99. The van der Waals surface area contributed by atoms with Gasteiger partial charge in [-0.25, -0.2) is 9.59 Å². The second-order valence-corrected chi connectivity index (χ2v) is 3.05. The van der Waals surface area contributed by atoms with Gasteiger partial charge in [-0.3, -0.25) is 4.57 Å². The van der Waals surface area contributed by atoms with Gasteiger partial charge in [-0.1, -0.05) is 6.07 Å². The van der Waals surface area contributed by atoms with Gasteiger partial charge >= 0.3 is 12.1 Å². The van der Waals surface area contributed by atoms with Crippen molar-refractivity contribution in [1.29, 1.82) is 0 Å². The molecule has 2 rings (SSSR count). The zero-order valence-electron chi connectivity index (χ0n) is 7.54. The highest BCUT2D eigenvalue weighted by Gasteiger charge is 2.09. The van der Waals surface area contributed by atoms with Crippen molar-refractivity contribution in [3.8, 4) is 0 Å². The number of aromatic carboxylic acids is 1. The summed E-state index contributed by atoms with van der Waals surface area (Å²) in [6.07, 6.45) is 0.256. The lowest BCUT2D eigenvalue weighted by atomic mass is 10.2. The fourth-order valence-corrected chi connectivity index (χ4v) is 1.43. The van der Waals surface area contributed by atoms with Crippen molar-refractivity contribution in [2.45, 2.75) is 0 Å². The van der Waals surface area contributed by atoms with Gasteiger partial charge in [0.05, 0.1) is 11.1 Å². The minimum Gasteiger partial charge on any atom is -0.478 e. The first kappa shape index (κ1) is 9.26. The number of carbonyl (C=O) groups is 2. The molecule has 0 fully saturated rings. The van der Waals surface area contributed by atoms with Gasteiger partial charge in [0, 0.05) is 11.6 Å². The van der Waals surface area contributed by atoms with E-state index in [4.69, 9.17) is 10.2 Å². The van der Waals surface area contributed by atoms with Crippen LogP contribution in [-0.4, -0.2) is 26.8 Å². The SMILES string of the molecule is O=C(O)c1ccc2ccn(C(=O)O)c2c1. The first-order valence-corrected chi connectivity index (χ1v) is 4.17. The van der Waals surface area contributed by atoms with E-state index in [0.717, 1.165) is 4.57 Å². The molecule has 1 heterocycles. The van der Waals surface area contributed by atoms with E-state index < -0.39 is 12.1 Å². The Morgan fingerprint density at radius 2 is 1.87 bits per heavy atom. The van der Waals surface area contributed by atoms with E-state index in [0.29, 0.717) is 10.9 Å². The van der Waals surface area contributed by atoms with Crippen molar-refractivity contribution in [3.63, 3.8) is 0 Å². The molecule has 0 spiro atoms. The summed E-state index contributed by atoms with van der Waals surface area (Å²) in [5, 5.41) is 18.3. The molecule has 5 heteroatoms. The number of carboxylic acids is 1. The van der Waals surface area contributed by atoms with Crippen molar-refractivity contribution in [1.82, 2.24) is 4.57 Å². The van der Waals surface area contributed by atoms with Gasteiger partial charge in [-0.05, 0) is 18.2 Å². The number of hydrogen-bond donors (Lipinski definition) is 2. The number of rotatable bonds is 1. The first-order valence-electron chi connectivity index (χ1n) is 4.17. The third-order valence-electron chi connectivity index (χ3n) is 2.15. The molecule has 1 aromatic carbocycles. The van der Waals surface area contributed by atoms with Crippen LogP contribution in [0.2, 0.25) is 0 Å². The van der Waals surface area contributed by atoms with E-state index >= 15 is 0 Å². The monoisotopic (exact) mass is 205 g/mol. The number of fused-ring (bicyclic) bond motifs is 1. The Hall–Kier alpha value is -2.30. The van der Waals surface area contributed by atoms with Gasteiger partial charge in [-0.2, -0.15) is 0 Å². The molecule has 2 N–H and O–H groups in total. The Bertz CT molecular complexity index is 556. The normalized spacial score (nSPS) is 10.4. The van der Waals surface area contributed by atoms with Crippen LogP contribution in [0.25, 0.3) is 10.9 Å². The molecule has 0 saturated carbocycles. The van der Waals surface area contributed by atoms with E-state index in [9.17, 15) is 9.59 Å². The summed E-state index contributed by atoms with van der Waals surface area (Å²) < 4.78 is 0.988. The molecule has 0 atom stereocenters. The predicted octanol–water partition coefficient (Wildman–Crippen LogP) is 1.87. The quantitative estimate of drug-likeness (QED) is 0.744. The molecule has 0 radical (unpaired) electrons. The molecule has 76 valence electrons. The van der Waals surface area contributed by atoms with Gasteiger partial charge in [0.25, 0.3) is 0 Å². The highest BCUT2D eigenvalue weighted by Crippen LogP contribution is 2.17. The maximum atomic E-state index is 10.8. The molecule has 0 unspecified atom stereocenters. The summed E-state index contributed by atoms with van der Waals surface area (Å²) in [5.41, 5.74) is 0.450. The van der Waals surface area contributed by atoms with Gasteiger partial charge in [0.2, 0.25) is 0 Å². The highest BCUT2D eigenvalue weighted by atomic mass is 16.4.